The number of alkyl halides is 3. The highest BCUT2D eigenvalue weighted by Gasteiger charge is 2.33. The smallest absolute Gasteiger partial charge is 0.324 e. The summed E-state index contributed by atoms with van der Waals surface area (Å²) in [5, 5.41) is 4.81. The molecule has 4 rings (SSSR count). The van der Waals surface area contributed by atoms with Gasteiger partial charge in [-0.2, -0.15) is 13.2 Å². The molecule has 0 bridgehead atoms. The molecule has 0 amide bonds. The Balaban J connectivity index is 1.80. The second-order valence-corrected chi connectivity index (χ2v) is 6.51. The molecule has 0 spiro atoms. The summed E-state index contributed by atoms with van der Waals surface area (Å²) in [6.07, 6.45) is -4.57. The molecule has 0 aliphatic rings. The summed E-state index contributed by atoms with van der Waals surface area (Å²) in [6, 6.07) is 21.4. The standard InChI is InChI=1S/C22H16F3N3/c1-14-6-10-18(11-7-14)26-21-27-19(13-20(28-21)22(23,24)25)17-9-8-15-4-2-3-5-16(15)12-17/h2-13H,1H3,(H,26,27,28). The Morgan fingerprint density at radius 1 is 0.786 bits per heavy atom. The summed E-state index contributed by atoms with van der Waals surface area (Å²) in [6.45, 7) is 1.93. The lowest BCUT2D eigenvalue weighted by Crippen LogP contribution is -2.11. The highest BCUT2D eigenvalue weighted by atomic mass is 19.4. The van der Waals surface area contributed by atoms with Crippen molar-refractivity contribution < 1.29 is 13.2 Å². The van der Waals surface area contributed by atoms with Crippen LogP contribution in [0, 0.1) is 6.92 Å². The first-order valence-corrected chi connectivity index (χ1v) is 8.68. The lowest BCUT2D eigenvalue weighted by molar-refractivity contribution is -0.141. The van der Waals surface area contributed by atoms with Crippen LogP contribution in [-0.4, -0.2) is 9.97 Å². The molecule has 28 heavy (non-hydrogen) atoms. The Hall–Kier alpha value is -3.41. The van der Waals surface area contributed by atoms with Crippen LogP contribution in [0.4, 0.5) is 24.8 Å². The van der Waals surface area contributed by atoms with Crippen LogP contribution < -0.4 is 5.32 Å². The molecule has 4 aromatic rings. The van der Waals surface area contributed by atoms with Gasteiger partial charge in [0.1, 0.15) is 0 Å². The van der Waals surface area contributed by atoms with Crippen molar-refractivity contribution in [2.45, 2.75) is 13.1 Å². The van der Waals surface area contributed by atoms with Crippen LogP contribution in [-0.2, 0) is 6.18 Å². The molecule has 0 unspecified atom stereocenters. The number of hydrogen-bond acceptors (Lipinski definition) is 3. The minimum Gasteiger partial charge on any atom is -0.324 e. The van der Waals surface area contributed by atoms with E-state index in [0.717, 1.165) is 22.4 Å². The summed E-state index contributed by atoms with van der Waals surface area (Å²) < 4.78 is 40.2. The molecule has 0 atom stereocenters. The predicted molar refractivity (Wildman–Crippen MR) is 104 cm³/mol. The van der Waals surface area contributed by atoms with Crippen LogP contribution in [0.15, 0.2) is 72.8 Å². The van der Waals surface area contributed by atoms with Gasteiger partial charge in [0.15, 0.2) is 5.69 Å². The largest absolute Gasteiger partial charge is 0.433 e. The molecule has 0 saturated carbocycles. The third-order valence-corrected chi connectivity index (χ3v) is 4.37. The second kappa shape index (κ2) is 6.96. The minimum atomic E-state index is -4.57. The minimum absolute atomic E-state index is 0.0955. The van der Waals surface area contributed by atoms with Gasteiger partial charge in [-0.1, -0.05) is 54.1 Å². The first kappa shape index (κ1) is 18.0. The predicted octanol–water partition coefficient (Wildman–Crippen LogP) is 6.37. The molecule has 0 aliphatic carbocycles. The molecule has 3 aromatic carbocycles. The molecule has 0 aliphatic heterocycles. The fourth-order valence-corrected chi connectivity index (χ4v) is 2.91. The summed E-state index contributed by atoms with van der Waals surface area (Å²) in [7, 11) is 0. The van der Waals surface area contributed by atoms with Crippen molar-refractivity contribution in [3.8, 4) is 11.3 Å². The molecule has 140 valence electrons. The first-order chi connectivity index (χ1) is 13.4. The Morgan fingerprint density at radius 2 is 1.50 bits per heavy atom. The number of rotatable bonds is 3. The number of benzene rings is 3. The van der Waals surface area contributed by atoms with Crippen molar-refractivity contribution in [2.24, 2.45) is 0 Å². The van der Waals surface area contributed by atoms with Gasteiger partial charge in [-0.25, -0.2) is 9.97 Å². The van der Waals surface area contributed by atoms with E-state index in [1.165, 1.54) is 0 Å². The number of aromatic nitrogens is 2. The SMILES string of the molecule is Cc1ccc(Nc2nc(-c3ccc4ccccc4c3)cc(C(F)(F)F)n2)cc1. The molecule has 3 nitrogen and oxygen atoms in total. The first-order valence-electron chi connectivity index (χ1n) is 8.68. The Morgan fingerprint density at radius 3 is 2.21 bits per heavy atom. The van der Waals surface area contributed by atoms with Crippen molar-refractivity contribution in [3.63, 3.8) is 0 Å². The van der Waals surface area contributed by atoms with Crippen molar-refractivity contribution in [3.05, 3.63) is 84.1 Å². The summed E-state index contributed by atoms with van der Waals surface area (Å²) in [4.78, 5) is 7.98. The van der Waals surface area contributed by atoms with E-state index in [2.05, 4.69) is 15.3 Å². The van der Waals surface area contributed by atoms with Gasteiger partial charge in [0.2, 0.25) is 5.95 Å². The van der Waals surface area contributed by atoms with Crippen LogP contribution in [0.1, 0.15) is 11.3 Å². The van der Waals surface area contributed by atoms with E-state index in [9.17, 15) is 13.2 Å². The van der Waals surface area contributed by atoms with Gasteiger partial charge in [0.25, 0.3) is 0 Å². The number of anilines is 2. The zero-order valence-electron chi connectivity index (χ0n) is 15.0. The second-order valence-electron chi connectivity index (χ2n) is 6.51. The molecule has 1 N–H and O–H groups in total. The third kappa shape index (κ3) is 3.81. The van der Waals surface area contributed by atoms with Crippen molar-refractivity contribution in [1.29, 1.82) is 0 Å². The molecular weight excluding hydrogens is 363 g/mol. The van der Waals surface area contributed by atoms with Gasteiger partial charge in [-0.05, 0) is 42.0 Å². The Bertz CT molecular complexity index is 1140. The fraction of sp³-hybridized carbons (Fsp3) is 0.0909. The quantitative estimate of drug-likeness (QED) is 0.450. The van der Waals surface area contributed by atoms with Gasteiger partial charge in [0.05, 0.1) is 5.69 Å². The molecule has 0 saturated heterocycles. The van der Waals surface area contributed by atoms with E-state index in [-0.39, 0.29) is 11.6 Å². The normalized spacial score (nSPS) is 11.6. The lowest BCUT2D eigenvalue weighted by atomic mass is 10.0. The topological polar surface area (TPSA) is 37.8 Å². The van der Waals surface area contributed by atoms with Crippen LogP contribution in [0.2, 0.25) is 0 Å². The zero-order valence-corrected chi connectivity index (χ0v) is 15.0. The van der Waals surface area contributed by atoms with Crippen LogP contribution in [0.3, 0.4) is 0 Å². The van der Waals surface area contributed by atoms with E-state index < -0.39 is 11.9 Å². The number of nitrogens with zero attached hydrogens (tertiary/aromatic N) is 2. The number of aryl methyl sites for hydroxylation is 1. The van der Waals surface area contributed by atoms with Crippen LogP contribution in [0.5, 0.6) is 0 Å². The van der Waals surface area contributed by atoms with Crippen molar-refractivity contribution >= 4 is 22.4 Å². The number of halogens is 3. The van der Waals surface area contributed by atoms with Gasteiger partial charge in [-0.3, -0.25) is 0 Å². The average Bonchev–Trinajstić information content (AvgIpc) is 2.68. The number of fused-ring (bicyclic) bond motifs is 1. The summed E-state index contributed by atoms with van der Waals surface area (Å²) in [5.74, 6) is -0.0955. The summed E-state index contributed by atoms with van der Waals surface area (Å²) in [5.41, 5.74) is 1.49. The fourth-order valence-electron chi connectivity index (χ4n) is 2.91. The van der Waals surface area contributed by atoms with E-state index in [0.29, 0.717) is 11.3 Å². The average molecular weight is 379 g/mol. The summed E-state index contributed by atoms with van der Waals surface area (Å²) >= 11 is 0. The van der Waals surface area contributed by atoms with Crippen molar-refractivity contribution in [1.82, 2.24) is 9.97 Å². The van der Waals surface area contributed by atoms with Crippen LogP contribution in [0.25, 0.3) is 22.0 Å². The van der Waals surface area contributed by atoms with Crippen LogP contribution >= 0.6 is 0 Å². The maximum Gasteiger partial charge on any atom is 0.433 e. The molecule has 6 heteroatoms. The zero-order chi connectivity index (χ0) is 19.7. The van der Waals surface area contributed by atoms with E-state index in [1.807, 2.05) is 55.5 Å². The van der Waals surface area contributed by atoms with E-state index in [1.54, 1.807) is 18.2 Å². The Kier molecular flexibility index (Phi) is 4.47. The maximum absolute atomic E-state index is 13.4. The molecule has 0 radical (unpaired) electrons. The van der Waals surface area contributed by atoms with Gasteiger partial charge in [-0.15, -0.1) is 0 Å². The van der Waals surface area contributed by atoms with Crippen molar-refractivity contribution in [2.75, 3.05) is 5.32 Å². The van der Waals surface area contributed by atoms with Gasteiger partial charge < -0.3 is 5.32 Å². The monoisotopic (exact) mass is 379 g/mol. The third-order valence-electron chi connectivity index (χ3n) is 4.37. The van der Waals surface area contributed by atoms with Gasteiger partial charge in [0, 0.05) is 11.3 Å². The molecule has 1 heterocycles. The lowest BCUT2D eigenvalue weighted by Gasteiger charge is -2.12. The molecule has 0 fully saturated rings. The highest BCUT2D eigenvalue weighted by molar-refractivity contribution is 5.86. The maximum atomic E-state index is 13.4. The van der Waals surface area contributed by atoms with E-state index >= 15 is 0 Å². The number of hydrogen-bond donors (Lipinski definition) is 1. The Labute approximate surface area is 159 Å². The molecular formula is C22H16F3N3. The number of nitrogens with one attached hydrogen (secondary N) is 1. The van der Waals surface area contributed by atoms with E-state index in [4.69, 9.17) is 0 Å². The van der Waals surface area contributed by atoms with Gasteiger partial charge >= 0.3 is 6.18 Å². The highest BCUT2D eigenvalue weighted by Crippen LogP contribution is 2.32. The molecule has 1 aromatic heterocycles.